The molecule has 1 fully saturated rings. The van der Waals surface area contributed by atoms with Gasteiger partial charge in [0.25, 0.3) is 0 Å². The molecule has 4 N–H and O–H groups in total. The maximum absolute atomic E-state index is 6.38. The van der Waals surface area contributed by atoms with E-state index in [-0.39, 0.29) is 12.1 Å². The smallest absolute Gasteiger partial charge is 0.0859 e. The molecule has 2 rings (SSSR count). The third kappa shape index (κ3) is 3.47. The van der Waals surface area contributed by atoms with Gasteiger partial charge in [-0.1, -0.05) is 51.5 Å². The normalized spacial score (nSPS) is 33.1. The molecule has 0 saturated heterocycles. The van der Waals surface area contributed by atoms with E-state index in [0.717, 1.165) is 25.7 Å². The molecule has 3 nitrogen and oxygen atoms in total. The SMILES string of the molecule is CCc1ccccc1C[C@@H]1C[C@H](CC)[C@@H](N)[C@H](C)[C@H]1ON. The Balaban J connectivity index is 2.19. The summed E-state index contributed by atoms with van der Waals surface area (Å²) in [5.41, 5.74) is 9.24. The van der Waals surface area contributed by atoms with E-state index in [1.165, 1.54) is 11.1 Å². The van der Waals surface area contributed by atoms with Crippen molar-refractivity contribution in [3.05, 3.63) is 35.4 Å². The van der Waals surface area contributed by atoms with E-state index in [2.05, 4.69) is 45.0 Å². The highest BCUT2D eigenvalue weighted by Gasteiger charge is 2.40. The highest BCUT2D eigenvalue weighted by Crippen LogP contribution is 2.37. The number of aryl methyl sites for hydroxylation is 1. The van der Waals surface area contributed by atoms with Crippen LogP contribution in [0.4, 0.5) is 0 Å². The molecule has 3 heteroatoms. The Morgan fingerprint density at radius 2 is 1.81 bits per heavy atom. The Kier molecular flexibility index (Phi) is 5.80. The second kappa shape index (κ2) is 7.39. The van der Waals surface area contributed by atoms with Crippen molar-refractivity contribution in [2.75, 3.05) is 0 Å². The van der Waals surface area contributed by atoms with E-state index >= 15 is 0 Å². The number of nitrogens with two attached hydrogens (primary N) is 2. The lowest BCUT2D eigenvalue weighted by atomic mass is 9.68. The van der Waals surface area contributed by atoms with Crippen LogP contribution in [-0.4, -0.2) is 12.1 Å². The topological polar surface area (TPSA) is 61.3 Å². The Morgan fingerprint density at radius 3 is 2.38 bits per heavy atom. The largest absolute Gasteiger partial charge is 0.327 e. The molecule has 0 aromatic heterocycles. The molecule has 0 amide bonds. The monoisotopic (exact) mass is 290 g/mol. The summed E-state index contributed by atoms with van der Waals surface area (Å²) in [6.07, 6.45) is 4.42. The molecule has 5 atom stereocenters. The average molecular weight is 290 g/mol. The zero-order chi connectivity index (χ0) is 15.4. The molecule has 0 aliphatic heterocycles. The highest BCUT2D eigenvalue weighted by molar-refractivity contribution is 5.27. The fourth-order valence-corrected chi connectivity index (χ4v) is 4.02. The lowest BCUT2D eigenvalue weighted by Crippen LogP contribution is -2.52. The first-order valence-corrected chi connectivity index (χ1v) is 8.30. The molecule has 0 heterocycles. The molecule has 1 aliphatic carbocycles. The van der Waals surface area contributed by atoms with Gasteiger partial charge in [0.2, 0.25) is 0 Å². The van der Waals surface area contributed by atoms with Crippen LogP contribution in [0.5, 0.6) is 0 Å². The minimum atomic E-state index is 0.0627. The van der Waals surface area contributed by atoms with Crippen LogP contribution >= 0.6 is 0 Å². The predicted octanol–water partition coefficient (Wildman–Crippen LogP) is 3.06. The van der Waals surface area contributed by atoms with Gasteiger partial charge in [-0.25, -0.2) is 5.90 Å². The number of hydrogen-bond donors (Lipinski definition) is 2. The van der Waals surface area contributed by atoms with Gasteiger partial charge in [-0.3, -0.25) is 0 Å². The van der Waals surface area contributed by atoms with Crippen molar-refractivity contribution in [3.8, 4) is 0 Å². The van der Waals surface area contributed by atoms with Crippen LogP contribution in [-0.2, 0) is 17.7 Å². The van der Waals surface area contributed by atoms with E-state index < -0.39 is 0 Å². The second-order valence-corrected chi connectivity index (χ2v) is 6.53. The maximum Gasteiger partial charge on any atom is 0.0859 e. The van der Waals surface area contributed by atoms with Gasteiger partial charge in [0.1, 0.15) is 0 Å². The molecule has 0 spiro atoms. The molecule has 1 aliphatic rings. The third-order valence-corrected chi connectivity index (χ3v) is 5.40. The van der Waals surface area contributed by atoms with Crippen LogP contribution in [0.3, 0.4) is 0 Å². The molecular formula is C18H30N2O. The first kappa shape index (κ1) is 16.5. The number of hydrogen-bond acceptors (Lipinski definition) is 3. The minimum Gasteiger partial charge on any atom is -0.327 e. The molecule has 0 unspecified atom stereocenters. The summed E-state index contributed by atoms with van der Waals surface area (Å²) in [5.74, 6) is 6.95. The van der Waals surface area contributed by atoms with Crippen molar-refractivity contribution in [2.24, 2.45) is 29.4 Å². The van der Waals surface area contributed by atoms with E-state index in [0.29, 0.717) is 17.8 Å². The van der Waals surface area contributed by atoms with Gasteiger partial charge in [-0.2, -0.15) is 0 Å². The summed E-state index contributed by atoms with van der Waals surface area (Å²) < 4.78 is 0. The first-order chi connectivity index (χ1) is 10.1. The Hall–Kier alpha value is -0.900. The van der Waals surface area contributed by atoms with Crippen LogP contribution in [0.15, 0.2) is 24.3 Å². The molecule has 0 bridgehead atoms. The summed E-state index contributed by atoms with van der Waals surface area (Å²) in [5, 5.41) is 0. The second-order valence-electron chi connectivity index (χ2n) is 6.53. The minimum absolute atomic E-state index is 0.0627. The first-order valence-electron chi connectivity index (χ1n) is 8.30. The lowest BCUT2D eigenvalue weighted by molar-refractivity contribution is -0.0670. The molecule has 1 saturated carbocycles. The Morgan fingerprint density at radius 1 is 1.14 bits per heavy atom. The zero-order valence-corrected chi connectivity index (χ0v) is 13.6. The summed E-state index contributed by atoms with van der Waals surface area (Å²) in [7, 11) is 0. The summed E-state index contributed by atoms with van der Waals surface area (Å²) in [6, 6.07) is 8.91. The van der Waals surface area contributed by atoms with Gasteiger partial charge < -0.3 is 10.6 Å². The van der Waals surface area contributed by atoms with Crippen molar-refractivity contribution in [1.82, 2.24) is 0 Å². The van der Waals surface area contributed by atoms with Crippen molar-refractivity contribution in [2.45, 2.75) is 58.6 Å². The molecular weight excluding hydrogens is 260 g/mol. The maximum atomic E-state index is 6.38. The van der Waals surface area contributed by atoms with E-state index in [4.69, 9.17) is 16.5 Å². The average Bonchev–Trinajstić information content (AvgIpc) is 2.51. The lowest BCUT2D eigenvalue weighted by Gasteiger charge is -2.43. The van der Waals surface area contributed by atoms with E-state index in [1.54, 1.807) is 0 Å². The van der Waals surface area contributed by atoms with Crippen LogP contribution in [0, 0.1) is 17.8 Å². The van der Waals surface area contributed by atoms with E-state index in [1.807, 2.05) is 0 Å². The van der Waals surface area contributed by atoms with Crippen molar-refractivity contribution in [3.63, 3.8) is 0 Å². The van der Waals surface area contributed by atoms with Crippen molar-refractivity contribution in [1.29, 1.82) is 0 Å². The molecule has 1 aromatic rings. The quantitative estimate of drug-likeness (QED) is 0.819. The number of rotatable bonds is 5. The summed E-state index contributed by atoms with van der Waals surface area (Å²) in [4.78, 5) is 5.34. The van der Waals surface area contributed by atoms with Gasteiger partial charge in [-0.05, 0) is 48.1 Å². The van der Waals surface area contributed by atoms with Gasteiger partial charge in [0.05, 0.1) is 6.10 Å². The standard InChI is InChI=1S/C18H30N2O/c1-4-13-8-6-7-9-15(13)11-16-10-14(5-2)17(19)12(3)18(16)21-20/h6-9,12,14,16-18H,4-5,10-11,19-20H2,1-3H3/t12-,14-,16-,17-,18+/m0/s1. The molecule has 0 radical (unpaired) electrons. The van der Waals surface area contributed by atoms with Gasteiger partial charge in [-0.15, -0.1) is 0 Å². The number of benzene rings is 1. The van der Waals surface area contributed by atoms with Crippen molar-refractivity contribution < 1.29 is 4.84 Å². The molecule has 118 valence electrons. The Labute approximate surface area is 129 Å². The highest BCUT2D eigenvalue weighted by atomic mass is 16.6. The zero-order valence-electron chi connectivity index (χ0n) is 13.6. The summed E-state index contributed by atoms with van der Waals surface area (Å²) >= 11 is 0. The van der Waals surface area contributed by atoms with Gasteiger partial charge in [0, 0.05) is 6.04 Å². The predicted molar refractivity (Wildman–Crippen MR) is 87.6 cm³/mol. The molecule has 1 aromatic carbocycles. The van der Waals surface area contributed by atoms with Crippen molar-refractivity contribution >= 4 is 0 Å². The van der Waals surface area contributed by atoms with Crippen LogP contribution in [0.2, 0.25) is 0 Å². The Bertz CT molecular complexity index is 449. The van der Waals surface area contributed by atoms with Crippen LogP contribution in [0.1, 0.15) is 44.7 Å². The summed E-state index contributed by atoms with van der Waals surface area (Å²) in [6.45, 7) is 6.63. The fraction of sp³-hybridized carbons (Fsp3) is 0.667. The molecule has 21 heavy (non-hydrogen) atoms. The van der Waals surface area contributed by atoms with Crippen LogP contribution < -0.4 is 11.6 Å². The fourth-order valence-electron chi connectivity index (χ4n) is 4.02. The van der Waals surface area contributed by atoms with Crippen LogP contribution in [0.25, 0.3) is 0 Å². The third-order valence-electron chi connectivity index (χ3n) is 5.40. The van der Waals surface area contributed by atoms with E-state index in [9.17, 15) is 0 Å². The van der Waals surface area contributed by atoms with Gasteiger partial charge >= 0.3 is 0 Å². The van der Waals surface area contributed by atoms with Gasteiger partial charge in [0.15, 0.2) is 0 Å².